The average Bonchev–Trinajstić information content (AvgIpc) is 2.70. The van der Waals surface area contributed by atoms with E-state index in [2.05, 4.69) is 5.32 Å². The number of amides is 1. The van der Waals surface area contributed by atoms with Crippen LogP contribution in [0.25, 0.3) is 0 Å². The third-order valence-electron chi connectivity index (χ3n) is 4.01. The summed E-state index contributed by atoms with van der Waals surface area (Å²) in [4.78, 5) is 35.0. The summed E-state index contributed by atoms with van der Waals surface area (Å²) in [5.41, 5.74) is 1.43. The SMILES string of the molecule is Cc1ccc(NC(=O)c2ccc(OC(=O)c3ccc(Cl)cc3[N+](=O)[O-])cc2)cc1. The molecule has 1 N–H and O–H groups in total. The molecule has 3 aromatic rings. The molecule has 29 heavy (non-hydrogen) atoms. The molecule has 7 nitrogen and oxygen atoms in total. The van der Waals surface area contributed by atoms with E-state index in [9.17, 15) is 19.7 Å². The molecule has 3 rings (SSSR count). The first-order chi connectivity index (χ1) is 13.8. The van der Waals surface area contributed by atoms with Gasteiger partial charge in [0.2, 0.25) is 0 Å². The van der Waals surface area contributed by atoms with Gasteiger partial charge in [-0.1, -0.05) is 29.3 Å². The fourth-order valence-corrected chi connectivity index (χ4v) is 2.67. The largest absolute Gasteiger partial charge is 0.423 e. The van der Waals surface area contributed by atoms with E-state index in [4.69, 9.17) is 16.3 Å². The standard InChI is InChI=1S/C21H15ClN2O5/c1-13-2-7-16(8-3-13)23-20(25)14-4-9-17(10-5-14)29-21(26)18-11-6-15(22)12-19(18)24(27)28/h2-12H,1H3,(H,23,25). The summed E-state index contributed by atoms with van der Waals surface area (Å²) >= 11 is 5.74. The van der Waals surface area contributed by atoms with E-state index in [0.29, 0.717) is 11.3 Å². The summed E-state index contributed by atoms with van der Waals surface area (Å²) < 4.78 is 5.18. The summed E-state index contributed by atoms with van der Waals surface area (Å²) in [6.45, 7) is 1.95. The topological polar surface area (TPSA) is 98.5 Å². The second kappa shape index (κ2) is 8.53. The zero-order valence-corrected chi connectivity index (χ0v) is 16.0. The van der Waals surface area contributed by atoms with Crippen LogP contribution in [0, 0.1) is 17.0 Å². The number of hydrogen-bond donors (Lipinski definition) is 1. The van der Waals surface area contributed by atoms with Crippen LogP contribution in [-0.2, 0) is 0 Å². The molecule has 0 spiro atoms. The number of benzene rings is 3. The zero-order valence-electron chi connectivity index (χ0n) is 15.2. The number of nitro groups is 1. The maximum Gasteiger partial charge on any atom is 0.350 e. The van der Waals surface area contributed by atoms with Crippen molar-refractivity contribution >= 4 is 34.9 Å². The molecule has 0 radical (unpaired) electrons. The molecular weight excluding hydrogens is 396 g/mol. The van der Waals surface area contributed by atoms with Gasteiger partial charge in [0, 0.05) is 22.3 Å². The molecule has 0 saturated carbocycles. The molecule has 0 aliphatic heterocycles. The van der Waals surface area contributed by atoms with Gasteiger partial charge in [0.05, 0.1) is 4.92 Å². The number of hydrogen-bond acceptors (Lipinski definition) is 5. The molecule has 0 atom stereocenters. The first kappa shape index (κ1) is 20.0. The quantitative estimate of drug-likeness (QED) is 0.275. The Hall–Kier alpha value is -3.71. The van der Waals surface area contributed by atoms with E-state index in [1.807, 2.05) is 19.1 Å². The molecule has 0 bridgehead atoms. The molecule has 0 fully saturated rings. The zero-order chi connectivity index (χ0) is 21.0. The minimum atomic E-state index is -0.898. The molecule has 8 heteroatoms. The molecule has 0 aliphatic carbocycles. The van der Waals surface area contributed by atoms with Gasteiger partial charge in [-0.15, -0.1) is 0 Å². The number of carbonyl (C=O) groups is 2. The third kappa shape index (κ3) is 4.97. The minimum Gasteiger partial charge on any atom is -0.423 e. The van der Waals surface area contributed by atoms with Crippen molar-refractivity contribution in [2.24, 2.45) is 0 Å². The molecule has 0 aliphatic rings. The number of nitrogens with zero attached hydrogens (tertiary/aromatic N) is 1. The van der Waals surface area contributed by atoms with Crippen molar-refractivity contribution in [3.8, 4) is 5.75 Å². The van der Waals surface area contributed by atoms with Gasteiger partial charge in [-0.25, -0.2) is 4.79 Å². The predicted octanol–water partition coefficient (Wildman–Crippen LogP) is 5.03. The van der Waals surface area contributed by atoms with Crippen LogP contribution >= 0.6 is 11.6 Å². The number of rotatable bonds is 5. The monoisotopic (exact) mass is 410 g/mol. The van der Waals surface area contributed by atoms with Gasteiger partial charge >= 0.3 is 5.97 Å². The van der Waals surface area contributed by atoms with Crippen molar-refractivity contribution in [3.05, 3.63) is 98.6 Å². The number of halogens is 1. The number of carbonyl (C=O) groups excluding carboxylic acids is 2. The molecule has 0 aromatic heterocycles. The Morgan fingerprint density at radius 1 is 1.00 bits per heavy atom. The van der Waals surface area contributed by atoms with Crippen molar-refractivity contribution in [1.82, 2.24) is 0 Å². The summed E-state index contributed by atoms with van der Waals surface area (Å²) in [7, 11) is 0. The van der Waals surface area contributed by atoms with Crippen molar-refractivity contribution in [2.45, 2.75) is 6.92 Å². The van der Waals surface area contributed by atoms with Gasteiger partial charge in [-0.05, 0) is 55.5 Å². The highest BCUT2D eigenvalue weighted by Gasteiger charge is 2.22. The number of ether oxygens (including phenoxy) is 1. The van der Waals surface area contributed by atoms with Crippen LogP contribution in [0.4, 0.5) is 11.4 Å². The van der Waals surface area contributed by atoms with E-state index >= 15 is 0 Å². The minimum absolute atomic E-state index is 0.136. The Labute approximate surface area is 171 Å². The van der Waals surface area contributed by atoms with Crippen LogP contribution in [0.2, 0.25) is 5.02 Å². The maximum atomic E-state index is 12.3. The first-order valence-electron chi connectivity index (χ1n) is 8.48. The fraction of sp³-hybridized carbons (Fsp3) is 0.0476. The molecule has 0 heterocycles. The summed E-state index contributed by atoms with van der Waals surface area (Å²) in [6.07, 6.45) is 0. The number of nitro benzene ring substituents is 1. The first-order valence-corrected chi connectivity index (χ1v) is 8.85. The Morgan fingerprint density at radius 3 is 2.28 bits per heavy atom. The highest BCUT2D eigenvalue weighted by atomic mass is 35.5. The second-order valence-corrected chi connectivity index (χ2v) is 6.59. The number of anilines is 1. The lowest BCUT2D eigenvalue weighted by atomic mass is 10.1. The van der Waals surface area contributed by atoms with Gasteiger partial charge in [0.25, 0.3) is 11.6 Å². The van der Waals surface area contributed by atoms with Crippen LogP contribution in [0.5, 0.6) is 5.75 Å². The lowest BCUT2D eigenvalue weighted by Gasteiger charge is -2.08. The lowest BCUT2D eigenvalue weighted by molar-refractivity contribution is -0.385. The van der Waals surface area contributed by atoms with E-state index in [-0.39, 0.29) is 22.2 Å². The van der Waals surface area contributed by atoms with Crippen LogP contribution in [-0.4, -0.2) is 16.8 Å². The second-order valence-electron chi connectivity index (χ2n) is 6.15. The highest BCUT2D eigenvalue weighted by molar-refractivity contribution is 6.31. The van der Waals surface area contributed by atoms with Crippen molar-refractivity contribution in [2.75, 3.05) is 5.32 Å². The van der Waals surface area contributed by atoms with Crippen molar-refractivity contribution in [3.63, 3.8) is 0 Å². The van der Waals surface area contributed by atoms with Gasteiger partial charge in [0.1, 0.15) is 11.3 Å². The van der Waals surface area contributed by atoms with Gasteiger partial charge in [-0.2, -0.15) is 0 Å². The van der Waals surface area contributed by atoms with Crippen molar-refractivity contribution in [1.29, 1.82) is 0 Å². The average molecular weight is 411 g/mol. The summed E-state index contributed by atoms with van der Waals surface area (Å²) in [5, 5.41) is 14.0. The molecule has 1 amide bonds. The van der Waals surface area contributed by atoms with Crippen molar-refractivity contribution < 1.29 is 19.2 Å². The molecule has 0 unspecified atom stereocenters. The van der Waals surface area contributed by atoms with Gasteiger partial charge < -0.3 is 10.1 Å². The van der Waals surface area contributed by atoms with Gasteiger partial charge in [0.15, 0.2) is 0 Å². The summed E-state index contributed by atoms with van der Waals surface area (Å²) in [5.74, 6) is -1.07. The predicted molar refractivity (Wildman–Crippen MR) is 109 cm³/mol. The number of nitrogens with one attached hydrogen (secondary N) is 1. The van der Waals surface area contributed by atoms with E-state index in [1.165, 1.54) is 36.4 Å². The fourth-order valence-electron chi connectivity index (χ4n) is 2.50. The van der Waals surface area contributed by atoms with Crippen LogP contribution in [0.15, 0.2) is 66.7 Å². The maximum absolute atomic E-state index is 12.3. The molecule has 146 valence electrons. The van der Waals surface area contributed by atoms with Crippen LogP contribution in [0.3, 0.4) is 0 Å². The third-order valence-corrected chi connectivity index (χ3v) is 4.25. The Kier molecular flexibility index (Phi) is 5.90. The van der Waals surface area contributed by atoms with Crippen LogP contribution in [0.1, 0.15) is 26.3 Å². The van der Waals surface area contributed by atoms with E-state index in [1.54, 1.807) is 12.1 Å². The lowest BCUT2D eigenvalue weighted by Crippen LogP contribution is -2.13. The Balaban J connectivity index is 1.70. The van der Waals surface area contributed by atoms with E-state index in [0.717, 1.165) is 11.6 Å². The molecule has 3 aromatic carbocycles. The molecular formula is C21H15ClN2O5. The number of aryl methyl sites for hydroxylation is 1. The normalized spacial score (nSPS) is 10.3. The number of esters is 1. The highest BCUT2D eigenvalue weighted by Crippen LogP contribution is 2.25. The Bertz CT molecular complexity index is 1080. The molecule has 0 saturated heterocycles. The smallest absolute Gasteiger partial charge is 0.350 e. The van der Waals surface area contributed by atoms with Crippen LogP contribution < -0.4 is 10.1 Å². The summed E-state index contributed by atoms with van der Waals surface area (Å²) in [6, 6.07) is 16.9. The van der Waals surface area contributed by atoms with E-state index < -0.39 is 16.6 Å². The Morgan fingerprint density at radius 2 is 1.66 bits per heavy atom. The van der Waals surface area contributed by atoms with Gasteiger partial charge in [-0.3, -0.25) is 14.9 Å².